The Bertz CT molecular complexity index is 412. The smallest absolute Gasteiger partial charge is 0.347 e. The second-order valence-electron chi connectivity index (χ2n) is 3.69. The molecule has 0 aliphatic carbocycles. The van der Waals surface area contributed by atoms with Gasteiger partial charge in [-0.25, -0.2) is 0 Å². The molecule has 17 heavy (non-hydrogen) atoms. The average Bonchev–Trinajstić information content (AvgIpc) is 2.48. The molecule has 0 saturated heterocycles. The highest BCUT2D eigenvalue weighted by Crippen LogP contribution is 2.25. The molecule has 0 spiro atoms. The van der Waals surface area contributed by atoms with Crippen molar-refractivity contribution in [2.45, 2.75) is 20.0 Å². The largest absolute Gasteiger partial charge is 0.405 e. The summed E-state index contributed by atoms with van der Waals surface area (Å²) in [4.78, 5) is 12.0. The van der Waals surface area contributed by atoms with Crippen molar-refractivity contribution in [1.29, 1.82) is 0 Å². The molecule has 1 aromatic rings. The van der Waals surface area contributed by atoms with Crippen LogP contribution in [-0.4, -0.2) is 35.3 Å². The van der Waals surface area contributed by atoms with Gasteiger partial charge in [-0.3, -0.25) is 9.48 Å². The molecule has 0 bridgehead atoms. The molecule has 96 valence electrons. The summed E-state index contributed by atoms with van der Waals surface area (Å²) in [5.41, 5.74) is 0.636. The van der Waals surface area contributed by atoms with Gasteiger partial charge in [-0.15, -0.1) is 0 Å². The molecule has 7 heteroatoms. The van der Waals surface area contributed by atoms with E-state index >= 15 is 0 Å². The third-order valence-corrected chi connectivity index (χ3v) is 2.41. The Labute approximate surface area is 97.0 Å². The van der Waals surface area contributed by atoms with Crippen molar-refractivity contribution in [3.8, 4) is 0 Å². The Morgan fingerprint density at radius 3 is 2.47 bits per heavy atom. The molecule has 0 saturated carbocycles. The third kappa shape index (κ3) is 2.98. The number of carbonyl (C=O) groups excluding carboxylic acids is 1. The Morgan fingerprint density at radius 2 is 2.06 bits per heavy atom. The van der Waals surface area contributed by atoms with Gasteiger partial charge in [0, 0.05) is 13.6 Å². The number of halogens is 3. The van der Waals surface area contributed by atoms with Gasteiger partial charge < -0.3 is 4.90 Å². The van der Waals surface area contributed by atoms with Gasteiger partial charge in [0.05, 0.1) is 11.3 Å². The highest BCUT2D eigenvalue weighted by Gasteiger charge is 2.32. The van der Waals surface area contributed by atoms with E-state index in [1.807, 2.05) is 0 Å². The van der Waals surface area contributed by atoms with Crippen molar-refractivity contribution in [3.63, 3.8) is 0 Å². The van der Waals surface area contributed by atoms with E-state index in [0.29, 0.717) is 12.0 Å². The lowest BCUT2D eigenvalue weighted by Gasteiger charge is -2.24. The zero-order valence-electron chi connectivity index (χ0n) is 9.88. The van der Waals surface area contributed by atoms with Gasteiger partial charge >= 0.3 is 6.18 Å². The standard InChI is InChI=1S/C10H14F3N3O/c1-4-16(6-10(11,12)13)9-8(5-17)7(2)14-15(9)3/h5H,4,6H2,1-3H3. The zero-order valence-corrected chi connectivity index (χ0v) is 9.88. The van der Waals surface area contributed by atoms with Crippen molar-refractivity contribution in [1.82, 2.24) is 9.78 Å². The number of anilines is 1. The van der Waals surface area contributed by atoms with Gasteiger partial charge in [0.1, 0.15) is 12.4 Å². The van der Waals surface area contributed by atoms with Gasteiger partial charge in [0.2, 0.25) is 0 Å². The number of hydrogen-bond acceptors (Lipinski definition) is 3. The van der Waals surface area contributed by atoms with Crippen LogP contribution in [0.4, 0.5) is 19.0 Å². The molecule has 0 aliphatic rings. The minimum Gasteiger partial charge on any atom is -0.347 e. The molecule has 0 aromatic carbocycles. The summed E-state index contributed by atoms with van der Waals surface area (Å²) in [5, 5.41) is 3.96. The van der Waals surface area contributed by atoms with Crippen LogP contribution in [0.3, 0.4) is 0 Å². The molecular weight excluding hydrogens is 235 g/mol. The number of nitrogens with zero attached hydrogens (tertiary/aromatic N) is 3. The highest BCUT2D eigenvalue weighted by molar-refractivity contribution is 5.84. The van der Waals surface area contributed by atoms with Crippen molar-refractivity contribution in [2.75, 3.05) is 18.0 Å². The maximum Gasteiger partial charge on any atom is 0.405 e. The molecule has 1 heterocycles. The average molecular weight is 249 g/mol. The number of aromatic nitrogens is 2. The quantitative estimate of drug-likeness (QED) is 0.765. The van der Waals surface area contributed by atoms with Crippen molar-refractivity contribution < 1.29 is 18.0 Å². The van der Waals surface area contributed by atoms with E-state index in [1.54, 1.807) is 13.8 Å². The van der Waals surface area contributed by atoms with Crippen molar-refractivity contribution in [3.05, 3.63) is 11.3 Å². The van der Waals surface area contributed by atoms with Crippen LogP contribution in [0, 0.1) is 6.92 Å². The van der Waals surface area contributed by atoms with Gasteiger partial charge in [-0.05, 0) is 13.8 Å². The van der Waals surface area contributed by atoms with E-state index in [0.717, 1.165) is 4.90 Å². The maximum atomic E-state index is 12.4. The number of hydrogen-bond donors (Lipinski definition) is 0. The first-order valence-corrected chi connectivity index (χ1v) is 5.10. The fourth-order valence-electron chi connectivity index (χ4n) is 1.73. The Morgan fingerprint density at radius 1 is 1.47 bits per heavy atom. The molecule has 0 atom stereocenters. The Balaban J connectivity index is 3.15. The minimum absolute atomic E-state index is 0.152. The van der Waals surface area contributed by atoms with Crippen LogP contribution in [0.1, 0.15) is 23.0 Å². The number of carbonyl (C=O) groups is 1. The second kappa shape index (κ2) is 4.77. The third-order valence-electron chi connectivity index (χ3n) is 2.41. The van der Waals surface area contributed by atoms with Crippen LogP contribution < -0.4 is 4.90 Å². The van der Waals surface area contributed by atoms with Crippen LogP contribution in [-0.2, 0) is 7.05 Å². The monoisotopic (exact) mass is 249 g/mol. The summed E-state index contributed by atoms with van der Waals surface area (Å²) < 4.78 is 38.5. The van der Waals surface area contributed by atoms with Crippen LogP contribution in [0.25, 0.3) is 0 Å². The van der Waals surface area contributed by atoms with E-state index in [9.17, 15) is 18.0 Å². The topological polar surface area (TPSA) is 38.1 Å². The van der Waals surface area contributed by atoms with E-state index in [1.165, 1.54) is 11.7 Å². The predicted octanol–water partition coefficient (Wildman–Crippen LogP) is 1.93. The van der Waals surface area contributed by atoms with Crippen LogP contribution in [0.5, 0.6) is 0 Å². The molecule has 4 nitrogen and oxygen atoms in total. The molecule has 0 unspecified atom stereocenters. The van der Waals surface area contributed by atoms with E-state index in [2.05, 4.69) is 5.10 Å². The number of aryl methyl sites for hydroxylation is 2. The number of aldehydes is 1. The van der Waals surface area contributed by atoms with E-state index in [-0.39, 0.29) is 17.9 Å². The normalized spacial score (nSPS) is 11.6. The molecule has 0 fully saturated rings. The maximum absolute atomic E-state index is 12.4. The van der Waals surface area contributed by atoms with Gasteiger partial charge in [-0.2, -0.15) is 18.3 Å². The fraction of sp³-hybridized carbons (Fsp3) is 0.600. The summed E-state index contributed by atoms with van der Waals surface area (Å²) in [7, 11) is 1.52. The summed E-state index contributed by atoms with van der Waals surface area (Å²) in [6, 6.07) is 0. The first kappa shape index (κ1) is 13.5. The van der Waals surface area contributed by atoms with Gasteiger partial charge in [-0.1, -0.05) is 0 Å². The van der Waals surface area contributed by atoms with Crippen LogP contribution >= 0.6 is 0 Å². The first-order valence-electron chi connectivity index (χ1n) is 5.10. The number of alkyl halides is 3. The lowest BCUT2D eigenvalue weighted by molar-refractivity contribution is -0.119. The Kier molecular flexibility index (Phi) is 3.79. The summed E-state index contributed by atoms with van der Waals surface area (Å²) >= 11 is 0. The van der Waals surface area contributed by atoms with Gasteiger partial charge in [0.25, 0.3) is 0 Å². The Hall–Kier alpha value is -1.53. The highest BCUT2D eigenvalue weighted by atomic mass is 19.4. The lowest BCUT2D eigenvalue weighted by atomic mass is 10.2. The summed E-state index contributed by atoms with van der Waals surface area (Å²) in [6.07, 6.45) is -3.77. The number of rotatable bonds is 4. The second-order valence-corrected chi connectivity index (χ2v) is 3.69. The molecule has 0 radical (unpaired) electrons. The summed E-state index contributed by atoms with van der Waals surface area (Å²) in [5.74, 6) is 0.206. The van der Waals surface area contributed by atoms with Gasteiger partial charge in [0.15, 0.2) is 6.29 Å². The van der Waals surface area contributed by atoms with Crippen LogP contribution in [0.15, 0.2) is 0 Å². The fourth-order valence-corrected chi connectivity index (χ4v) is 1.73. The predicted molar refractivity (Wildman–Crippen MR) is 57.3 cm³/mol. The van der Waals surface area contributed by atoms with Crippen molar-refractivity contribution in [2.24, 2.45) is 7.05 Å². The SMILES string of the molecule is CCN(CC(F)(F)F)c1c(C=O)c(C)nn1C. The van der Waals surface area contributed by atoms with Crippen LogP contribution in [0.2, 0.25) is 0 Å². The van der Waals surface area contributed by atoms with Crippen molar-refractivity contribution >= 4 is 12.1 Å². The molecule has 0 N–H and O–H groups in total. The first-order chi connectivity index (χ1) is 7.80. The molecule has 0 amide bonds. The van der Waals surface area contributed by atoms with E-state index in [4.69, 9.17) is 0 Å². The minimum atomic E-state index is -4.31. The zero-order chi connectivity index (χ0) is 13.2. The van der Waals surface area contributed by atoms with E-state index < -0.39 is 12.7 Å². The lowest BCUT2D eigenvalue weighted by Crippen LogP contribution is -2.35. The molecule has 1 rings (SSSR count). The molecular formula is C10H14F3N3O. The molecule has 0 aliphatic heterocycles. The summed E-state index contributed by atoms with van der Waals surface area (Å²) in [6.45, 7) is 2.25. The molecule has 1 aromatic heterocycles.